The summed E-state index contributed by atoms with van der Waals surface area (Å²) in [4.78, 5) is 0. The quantitative estimate of drug-likeness (QED) is 0.711. The summed E-state index contributed by atoms with van der Waals surface area (Å²) in [6.07, 6.45) is 0.890. The maximum atomic E-state index is 9.16. The molecule has 0 heterocycles. The average molecular weight is 201 g/mol. The van der Waals surface area contributed by atoms with Gasteiger partial charge in [-0.2, -0.15) is 5.26 Å². The Hall–Kier alpha value is -1.29. The van der Waals surface area contributed by atoms with Gasteiger partial charge in [-0.25, -0.2) is 0 Å². The summed E-state index contributed by atoms with van der Waals surface area (Å²) in [7, 11) is 0. The molecular weight excluding hydrogens is 182 g/mol. The topological polar surface area (TPSA) is 23.8 Å². The van der Waals surface area contributed by atoms with E-state index in [9.17, 15) is 0 Å². The van der Waals surface area contributed by atoms with Gasteiger partial charge in [-0.1, -0.05) is 13.0 Å². The van der Waals surface area contributed by atoms with Crippen LogP contribution in [0.1, 0.15) is 47.1 Å². The van der Waals surface area contributed by atoms with Gasteiger partial charge in [0.15, 0.2) is 0 Å². The maximum Gasteiger partial charge on any atom is 0.0715 e. The molecule has 1 aromatic rings. The zero-order valence-corrected chi connectivity index (χ0v) is 10.3. The monoisotopic (exact) mass is 201 g/mol. The van der Waals surface area contributed by atoms with Crippen LogP contribution in [0.4, 0.5) is 0 Å². The second-order valence-corrected chi connectivity index (χ2v) is 4.26. The second kappa shape index (κ2) is 4.49. The van der Waals surface area contributed by atoms with Gasteiger partial charge in [-0.3, -0.25) is 0 Å². The number of nitriles is 1. The van der Waals surface area contributed by atoms with E-state index >= 15 is 0 Å². The lowest BCUT2D eigenvalue weighted by Crippen LogP contribution is -2.04. The molecule has 0 spiro atoms. The predicted octanol–water partition coefficient (Wildman–Crippen LogP) is 3.94. The molecule has 0 aliphatic carbocycles. The highest BCUT2D eigenvalue weighted by Gasteiger charge is 2.16. The van der Waals surface area contributed by atoms with Crippen molar-refractivity contribution in [1.82, 2.24) is 0 Å². The van der Waals surface area contributed by atoms with Crippen molar-refractivity contribution in [2.75, 3.05) is 0 Å². The molecule has 1 rings (SSSR count). The third-order valence-corrected chi connectivity index (χ3v) is 3.34. The molecule has 15 heavy (non-hydrogen) atoms. The standard InChI is InChI=1S/C14H19N/c1-6-13(8-15)14-11(4)9(2)7-10(3)12(14)5/h7,13H,6H2,1-5H3. The van der Waals surface area contributed by atoms with E-state index in [1.165, 1.54) is 27.8 Å². The van der Waals surface area contributed by atoms with E-state index in [-0.39, 0.29) is 5.92 Å². The van der Waals surface area contributed by atoms with Crippen molar-refractivity contribution < 1.29 is 0 Å². The number of hydrogen-bond acceptors (Lipinski definition) is 1. The van der Waals surface area contributed by atoms with Crippen LogP contribution in [0.15, 0.2) is 6.07 Å². The predicted molar refractivity (Wildman–Crippen MR) is 64.0 cm³/mol. The van der Waals surface area contributed by atoms with E-state index in [1.807, 2.05) is 0 Å². The van der Waals surface area contributed by atoms with Crippen molar-refractivity contribution >= 4 is 0 Å². The number of benzene rings is 1. The molecule has 0 aromatic heterocycles. The summed E-state index contributed by atoms with van der Waals surface area (Å²) in [6, 6.07) is 4.61. The summed E-state index contributed by atoms with van der Waals surface area (Å²) >= 11 is 0. The van der Waals surface area contributed by atoms with Crippen LogP contribution >= 0.6 is 0 Å². The lowest BCUT2D eigenvalue weighted by atomic mass is 9.85. The first-order chi connectivity index (χ1) is 7.02. The van der Waals surface area contributed by atoms with Crippen LogP contribution in [0.2, 0.25) is 0 Å². The fraction of sp³-hybridized carbons (Fsp3) is 0.500. The molecule has 0 radical (unpaired) electrons. The van der Waals surface area contributed by atoms with Crippen LogP contribution in [0.3, 0.4) is 0 Å². The Morgan fingerprint density at radius 3 is 1.93 bits per heavy atom. The average Bonchev–Trinajstić information content (AvgIpc) is 2.21. The van der Waals surface area contributed by atoms with Crippen LogP contribution in [-0.2, 0) is 0 Å². The largest absolute Gasteiger partial charge is 0.198 e. The van der Waals surface area contributed by atoms with Crippen LogP contribution in [0.25, 0.3) is 0 Å². The molecule has 80 valence electrons. The molecule has 1 aromatic carbocycles. The van der Waals surface area contributed by atoms with Gasteiger partial charge in [-0.15, -0.1) is 0 Å². The first-order valence-electron chi connectivity index (χ1n) is 5.49. The Morgan fingerprint density at radius 2 is 1.60 bits per heavy atom. The lowest BCUT2D eigenvalue weighted by Gasteiger charge is -2.18. The molecular formula is C14H19N. The van der Waals surface area contributed by atoms with E-state index in [1.54, 1.807) is 0 Å². The van der Waals surface area contributed by atoms with Gasteiger partial charge in [0, 0.05) is 0 Å². The second-order valence-electron chi connectivity index (χ2n) is 4.26. The molecule has 0 saturated heterocycles. The van der Waals surface area contributed by atoms with Gasteiger partial charge >= 0.3 is 0 Å². The fourth-order valence-corrected chi connectivity index (χ4v) is 2.13. The fourth-order valence-electron chi connectivity index (χ4n) is 2.13. The third kappa shape index (κ3) is 2.04. The van der Waals surface area contributed by atoms with Crippen LogP contribution < -0.4 is 0 Å². The smallest absolute Gasteiger partial charge is 0.0715 e. The summed E-state index contributed by atoms with van der Waals surface area (Å²) in [5.74, 6) is 0.0450. The van der Waals surface area contributed by atoms with E-state index in [4.69, 9.17) is 5.26 Å². The summed E-state index contributed by atoms with van der Waals surface area (Å²) in [5, 5.41) is 9.16. The highest BCUT2D eigenvalue weighted by molar-refractivity contribution is 5.47. The van der Waals surface area contributed by atoms with Crippen molar-refractivity contribution in [2.24, 2.45) is 0 Å². The van der Waals surface area contributed by atoms with Crippen LogP contribution in [-0.4, -0.2) is 0 Å². The summed E-state index contributed by atoms with van der Waals surface area (Å²) in [5.41, 5.74) is 6.40. The van der Waals surface area contributed by atoms with E-state index < -0.39 is 0 Å². The Morgan fingerprint density at radius 1 is 1.13 bits per heavy atom. The molecule has 0 N–H and O–H groups in total. The van der Waals surface area contributed by atoms with Crippen LogP contribution in [0.5, 0.6) is 0 Å². The minimum absolute atomic E-state index is 0.0450. The minimum Gasteiger partial charge on any atom is -0.198 e. The molecule has 1 nitrogen and oxygen atoms in total. The first kappa shape index (κ1) is 11.8. The zero-order valence-electron chi connectivity index (χ0n) is 10.3. The van der Waals surface area contributed by atoms with Gasteiger partial charge in [0.05, 0.1) is 12.0 Å². The highest BCUT2D eigenvalue weighted by atomic mass is 14.3. The molecule has 0 aliphatic heterocycles. The van der Waals surface area contributed by atoms with Crippen molar-refractivity contribution in [3.63, 3.8) is 0 Å². The molecule has 1 unspecified atom stereocenters. The molecule has 0 amide bonds. The number of nitrogens with zero attached hydrogens (tertiary/aromatic N) is 1. The maximum absolute atomic E-state index is 9.16. The van der Waals surface area contributed by atoms with Crippen molar-refractivity contribution in [3.05, 3.63) is 33.9 Å². The lowest BCUT2D eigenvalue weighted by molar-refractivity contribution is 0.800. The van der Waals surface area contributed by atoms with Crippen molar-refractivity contribution in [1.29, 1.82) is 5.26 Å². The van der Waals surface area contributed by atoms with E-state index in [0.717, 1.165) is 6.42 Å². The normalized spacial score (nSPS) is 12.3. The molecule has 0 bridgehead atoms. The minimum atomic E-state index is 0.0450. The molecule has 0 fully saturated rings. The molecule has 1 atom stereocenters. The van der Waals surface area contributed by atoms with Gasteiger partial charge in [0.1, 0.15) is 0 Å². The van der Waals surface area contributed by atoms with Crippen molar-refractivity contribution in [2.45, 2.75) is 47.0 Å². The Labute approximate surface area is 92.7 Å². The third-order valence-electron chi connectivity index (χ3n) is 3.34. The van der Waals surface area contributed by atoms with Gasteiger partial charge in [-0.05, 0) is 61.9 Å². The van der Waals surface area contributed by atoms with E-state index in [2.05, 4.69) is 46.8 Å². The Kier molecular flexibility index (Phi) is 3.52. The summed E-state index contributed by atoms with van der Waals surface area (Å²) in [6.45, 7) is 10.6. The SMILES string of the molecule is CCC(C#N)c1c(C)c(C)cc(C)c1C. The molecule has 1 heteroatoms. The number of rotatable bonds is 2. The number of aryl methyl sites for hydroxylation is 2. The molecule has 0 aliphatic rings. The zero-order chi connectivity index (χ0) is 11.6. The van der Waals surface area contributed by atoms with Gasteiger partial charge < -0.3 is 0 Å². The summed E-state index contributed by atoms with van der Waals surface area (Å²) < 4.78 is 0. The van der Waals surface area contributed by atoms with Gasteiger partial charge in [0.25, 0.3) is 0 Å². The first-order valence-corrected chi connectivity index (χ1v) is 5.49. The van der Waals surface area contributed by atoms with E-state index in [0.29, 0.717) is 0 Å². The Bertz CT molecular complexity index is 384. The van der Waals surface area contributed by atoms with Gasteiger partial charge in [0.2, 0.25) is 0 Å². The molecule has 0 saturated carbocycles. The van der Waals surface area contributed by atoms with Crippen molar-refractivity contribution in [3.8, 4) is 6.07 Å². The Balaban J connectivity index is 3.46. The highest BCUT2D eigenvalue weighted by Crippen LogP contribution is 2.29. The van der Waals surface area contributed by atoms with Crippen LogP contribution in [0, 0.1) is 39.0 Å². The number of hydrogen-bond donors (Lipinski definition) is 0.